The second-order valence-corrected chi connectivity index (χ2v) is 5.96. The van der Waals surface area contributed by atoms with Gasteiger partial charge in [0.2, 0.25) is 5.95 Å². The van der Waals surface area contributed by atoms with Crippen LogP contribution in [0.2, 0.25) is 0 Å². The van der Waals surface area contributed by atoms with Gasteiger partial charge >= 0.3 is 0 Å². The fourth-order valence-corrected chi connectivity index (χ4v) is 3.07. The third-order valence-electron chi connectivity index (χ3n) is 3.05. The normalized spacial score (nSPS) is 12.9. The van der Waals surface area contributed by atoms with E-state index in [2.05, 4.69) is 53.4 Å². The predicted molar refractivity (Wildman–Crippen MR) is 78.9 cm³/mol. The molecule has 0 bridgehead atoms. The van der Waals surface area contributed by atoms with Crippen molar-refractivity contribution in [3.05, 3.63) is 27.2 Å². The first-order valence-corrected chi connectivity index (χ1v) is 7.24. The fourth-order valence-electron chi connectivity index (χ4n) is 1.90. The van der Waals surface area contributed by atoms with Gasteiger partial charge in [-0.15, -0.1) is 16.4 Å². The number of aromatic nitrogens is 3. The monoisotopic (exact) mass is 282 g/mol. The van der Waals surface area contributed by atoms with Gasteiger partial charge in [0.25, 0.3) is 0 Å². The van der Waals surface area contributed by atoms with Crippen molar-refractivity contribution in [1.29, 1.82) is 0 Å². The Morgan fingerprint density at radius 2 is 2.17 bits per heavy atom. The molecule has 2 rings (SSSR count). The van der Waals surface area contributed by atoms with Gasteiger partial charge in [-0.25, -0.2) is 5.10 Å². The summed E-state index contributed by atoms with van der Waals surface area (Å²) in [6.07, 6.45) is 0. The molecule has 98 valence electrons. The summed E-state index contributed by atoms with van der Waals surface area (Å²) in [4.78, 5) is 3.47. The van der Waals surface area contributed by atoms with Crippen LogP contribution in [0.4, 0.5) is 5.95 Å². The van der Waals surface area contributed by atoms with Gasteiger partial charge in [0.1, 0.15) is 0 Å². The van der Waals surface area contributed by atoms with Crippen LogP contribution in [-0.4, -0.2) is 21.8 Å². The molecule has 2 aromatic rings. The van der Waals surface area contributed by atoms with E-state index in [0.717, 1.165) is 5.95 Å². The minimum atomic E-state index is 0.285. The van der Waals surface area contributed by atoms with Crippen LogP contribution >= 0.6 is 23.6 Å². The Morgan fingerprint density at radius 1 is 1.44 bits per heavy atom. The molecule has 0 aliphatic heterocycles. The van der Waals surface area contributed by atoms with E-state index in [1.807, 2.05) is 11.6 Å². The zero-order valence-corrected chi connectivity index (χ0v) is 12.7. The van der Waals surface area contributed by atoms with Gasteiger partial charge in [-0.2, -0.15) is 0 Å². The number of H-pyrrole nitrogens is 1. The van der Waals surface area contributed by atoms with Gasteiger partial charge in [-0.05, 0) is 44.4 Å². The summed E-state index contributed by atoms with van der Waals surface area (Å²) in [6.45, 7) is 6.39. The van der Waals surface area contributed by atoms with Gasteiger partial charge in [0.15, 0.2) is 4.77 Å². The molecule has 0 saturated carbocycles. The van der Waals surface area contributed by atoms with Crippen molar-refractivity contribution < 1.29 is 0 Å². The molecule has 18 heavy (non-hydrogen) atoms. The van der Waals surface area contributed by atoms with Crippen molar-refractivity contribution in [2.75, 3.05) is 11.9 Å². The molecule has 6 heteroatoms. The van der Waals surface area contributed by atoms with Crippen molar-refractivity contribution in [3.8, 4) is 0 Å². The van der Waals surface area contributed by atoms with E-state index in [1.165, 1.54) is 4.88 Å². The molecule has 0 spiro atoms. The van der Waals surface area contributed by atoms with Crippen LogP contribution in [0.15, 0.2) is 17.5 Å². The van der Waals surface area contributed by atoms with Gasteiger partial charge < -0.3 is 4.90 Å². The van der Waals surface area contributed by atoms with Crippen molar-refractivity contribution >= 4 is 29.5 Å². The minimum Gasteiger partial charge on any atom is -0.336 e. The predicted octanol–water partition coefficient (Wildman–Crippen LogP) is 3.78. The van der Waals surface area contributed by atoms with Gasteiger partial charge in [0.05, 0.1) is 6.04 Å². The highest BCUT2D eigenvalue weighted by atomic mass is 32.1. The average molecular weight is 282 g/mol. The summed E-state index contributed by atoms with van der Waals surface area (Å²) >= 11 is 7.04. The summed E-state index contributed by atoms with van der Waals surface area (Å²) in [5.41, 5.74) is 0. The number of thiophene rings is 1. The average Bonchev–Trinajstić information content (AvgIpc) is 2.95. The molecular formula is C12H18N4S2. The van der Waals surface area contributed by atoms with E-state index in [0.29, 0.717) is 10.8 Å². The number of nitrogens with one attached hydrogen (secondary N) is 1. The van der Waals surface area contributed by atoms with Crippen LogP contribution in [0.5, 0.6) is 0 Å². The SMILES string of the molecule is CC(c1cccs1)N(C)c1n[nH]c(=S)n1C(C)C. The largest absolute Gasteiger partial charge is 0.336 e. The summed E-state index contributed by atoms with van der Waals surface area (Å²) in [6, 6.07) is 4.80. The third kappa shape index (κ3) is 2.35. The molecule has 0 aliphatic carbocycles. The highest BCUT2D eigenvalue weighted by molar-refractivity contribution is 7.71. The minimum absolute atomic E-state index is 0.285. The Labute approximate surface area is 116 Å². The fraction of sp³-hybridized carbons (Fsp3) is 0.500. The number of aromatic amines is 1. The van der Waals surface area contributed by atoms with E-state index >= 15 is 0 Å². The number of anilines is 1. The van der Waals surface area contributed by atoms with Crippen LogP contribution in [0.3, 0.4) is 0 Å². The molecule has 1 unspecified atom stereocenters. The van der Waals surface area contributed by atoms with Gasteiger partial charge in [-0.3, -0.25) is 4.57 Å². The Morgan fingerprint density at radius 3 is 2.72 bits per heavy atom. The Bertz CT molecular complexity index is 553. The lowest BCUT2D eigenvalue weighted by Gasteiger charge is -2.26. The Balaban J connectivity index is 2.34. The Hall–Kier alpha value is -1.14. The summed E-state index contributed by atoms with van der Waals surface area (Å²) in [7, 11) is 2.05. The van der Waals surface area contributed by atoms with Crippen LogP contribution in [-0.2, 0) is 0 Å². The smallest absolute Gasteiger partial charge is 0.226 e. The first-order valence-electron chi connectivity index (χ1n) is 5.95. The maximum Gasteiger partial charge on any atom is 0.226 e. The van der Waals surface area contributed by atoms with Crippen molar-refractivity contribution in [1.82, 2.24) is 14.8 Å². The molecule has 0 saturated heterocycles. The topological polar surface area (TPSA) is 36.9 Å². The van der Waals surface area contributed by atoms with Crippen LogP contribution in [0.1, 0.15) is 37.7 Å². The quantitative estimate of drug-likeness (QED) is 0.867. The second-order valence-electron chi connectivity index (χ2n) is 4.59. The lowest BCUT2D eigenvalue weighted by atomic mass is 10.2. The van der Waals surface area contributed by atoms with Crippen LogP contribution in [0, 0.1) is 4.77 Å². The van der Waals surface area contributed by atoms with Crippen LogP contribution < -0.4 is 4.90 Å². The maximum absolute atomic E-state index is 5.28. The van der Waals surface area contributed by atoms with Crippen molar-refractivity contribution in [2.24, 2.45) is 0 Å². The molecular weight excluding hydrogens is 264 g/mol. The zero-order chi connectivity index (χ0) is 13.3. The highest BCUT2D eigenvalue weighted by Crippen LogP contribution is 2.28. The maximum atomic E-state index is 5.28. The number of rotatable bonds is 4. The van der Waals surface area contributed by atoms with Gasteiger partial charge in [0, 0.05) is 18.0 Å². The van der Waals surface area contributed by atoms with E-state index in [4.69, 9.17) is 12.2 Å². The highest BCUT2D eigenvalue weighted by Gasteiger charge is 2.19. The first kappa shape index (κ1) is 13.3. The van der Waals surface area contributed by atoms with Crippen molar-refractivity contribution in [2.45, 2.75) is 32.9 Å². The molecule has 0 aromatic carbocycles. The number of hydrogen-bond acceptors (Lipinski definition) is 4. The van der Waals surface area contributed by atoms with E-state index in [9.17, 15) is 0 Å². The number of hydrogen-bond donors (Lipinski definition) is 1. The third-order valence-corrected chi connectivity index (χ3v) is 4.38. The first-order chi connectivity index (χ1) is 8.52. The molecule has 2 aromatic heterocycles. The molecule has 1 N–H and O–H groups in total. The number of nitrogens with zero attached hydrogens (tertiary/aromatic N) is 3. The summed E-state index contributed by atoms with van der Waals surface area (Å²) < 4.78 is 2.71. The Kier molecular flexibility index (Phi) is 3.87. The molecule has 0 amide bonds. The molecule has 4 nitrogen and oxygen atoms in total. The molecule has 1 atom stereocenters. The molecule has 0 aliphatic rings. The summed E-state index contributed by atoms with van der Waals surface area (Å²) in [5, 5.41) is 9.32. The molecule has 0 fully saturated rings. The van der Waals surface area contributed by atoms with Crippen LogP contribution in [0.25, 0.3) is 0 Å². The van der Waals surface area contributed by atoms with E-state index in [1.54, 1.807) is 11.3 Å². The molecule has 0 radical (unpaired) electrons. The van der Waals surface area contributed by atoms with E-state index < -0.39 is 0 Å². The lowest BCUT2D eigenvalue weighted by molar-refractivity contribution is 0.572. The lowest BCUT2D eigenvalue weighted by Crippen LogP contribution is -2.25. The molecule has 2 heterocycles. The second kappa shape index (κ2) is 5.24. The van der Waals surface area contributed by atoms with E-state index in [-0.39, 0.29) is 6.04 Å². The standard InChI is InChI=1S/C12H18N4S2/c1-8(2)16-11(13-14-12(16)17)15(4)9(3)10-6-5-7-18-10/h5-9H,1-4H3,(H,14,17). The zero-order valence-electron chi connectivity index (χ0n) is 11.0. The summed E-state index contributed by atoms with van der Waals surface area (Å²) in [5.74, 6) is 0.885. The van der Waals surface area contributed by atoms with Crippen molar-refractivity contribution in [3.63, 3.8) is 0 Å². The van der Waals surface area contributed by atoms with Gasteiger partial charge in [-0.1, -0.05) is 6.07 Å².